The summed E-state index contributed by atoms with van der Waals surface area (Å²) in [5.74, 6) is 1.25. The Labute approximate surface area is 131 Å². The lowest BCUT2D eigenvalue weighted by atomic mass is 9.98. The van der Waals surface area contributed by atoms with Crippen molar-refractivity contribution in [2.45, 2.75) is 26.2 Å². The predicted octanol–water partition coefficient (Wildman–Crippen LogP) is 4.53. The number of pyridine rings is 1. The van der Waals surface area contributed by atoms with Gasteiger partial charge in [-0.15, -0.1) is 0 Å². The van der Waals surface area contributed by atoms with Crippen molar-refractivity contribution in [3.05, 3.63) is 48.4 Å². The molecule has 2 aromatic heterocycles. The number of piperidine rings is 1. The number of fused-ring (bicyclic) bond motifs is 1. The van der Waals surface area contributed by atoms with Crippen molar-refractivity contribution < 1.29 is 0 Å². The van der Waals surface area contributed by atoms with Crippen molar-refractivity contribution in [2.75, 3.05) is 18.0 Å². The van der Waals surface area contributed by atoms with Crippen LogP contribution in [0.2, 0.25) is 0 Å². The standard InChI is InChI=1S/C19H21N3/c1-14-11-20-12-15-6-5-7-17(19(14)15)16-10-18(21-13-16)22-8-3-2-4-9-22/h5-7,10-13,21H,2-4,8-9H2,1H3. The van der Waals surface area contributed by atoms with E-state index in [1.165, 1.54) is 65.6 Å². The van der Waals surface area contributed by atoms with Crippen molar-refractivity contribution in [3.8, 4) is 11.1 Å². The Morgan fingerprint density at radius 2 is 1.95 bits per heavy atom. The third-order valence-electron chi connectivity index (χ3n) is 4.65. The van der Waals surface area contributed by atoms with Crippen molar-refractivity contribution in [3.63, 3.8) is 0 Å². The van der Waals surface area contributed by atoms with Crippen LogP contribution in [-0.2, 0) is 0 Å². The number of aromatic nitrogens is 2. The minimum atomic E-state index is 1.17. The fraction of sp³-hybridized carbons (Fsp3) is 0.316. The molecule has 0 aliphatic carbocycles. The van der Waals surface area contributed by atoms with Gasteiger partial charge >= 0.3 is 0 Å². The van der Waals surface area contributed by atoms with Gasteiger partial charge in [0.2, 0.25) is 0 Å². The maximum Gasteiger partial charge on any atom is 0.106 e. The Morgan fingerprint density at radius 1 is 1.09 bits per heavy atom. The highest BCUT2D eigenvalue weighted by molar-refractivity contribution is 5.98. The molecule has 1 fully saturated rings. The summed E-state index contributed by atoms with van der Waals surface area (Å²) in [6.07, 6.45) is 9.99. The quantitative estimate of drug-likeness (QED) is 0.752. The number of H-pyrrole nitrogens is 1. The largest absolute Gasteiger partial charge is 0.358 e. The summed E-state index contributed by atoms with van der Waals surface area (Å²) < 4.78 is 0. The predicted molar refractivity (Wildman–Crippen MR) is 92.3 cm³/mol. The summed E-state index contributed by atoms with van der Waals surface area (Å²) in [5, 5.41) is 2.51. The SMILES string of the molecule is Cc1cncc2cccc(-c3c[nH]c(N4CCCCC4)c3)c12. The number of nitrogens with zero attached hydrogens (tertiary/aromatic N) is 2. The lowest BCUT2D eigenvalue weighted by Gasteiger charge is -2.27. The van der Waals surface area contributed by atoms with E-state index in [0.717, 1.165) is 0 Å². The van der Waals surface area contributed by atoms with Gasteiger partial charge in [0.05, 0.1) is 0 Å². The fourth-order valence-electron chi connectivity index (χ4n) is 3.51. The molecule has 4 rings (SSSR count). The van der Waals surface area contributed by atoms with Gasteiger partial charge in [0, 0.05) is 42.6 Å². The summed E-state index contributed by atoms with van der Waals surface area (Å²) in [6.45, 7) is 4.47. The molecule has 1 aliphatic heterocycles. The van der Waals surface area contributed by atoms with E-state index < -0.39 is 0 Å². The first-order valence-electron chi connectivity index (χ1n) is 8.10. The van der Waals surface area contributed by atoms with Crippen LogP contribution < -0.4 is 4.90 Å². The monoisotopic (exact) mass is 291 g/mol. The van der Waals surface area contributed by atoms with Crippen molar-refractivity contribution >= 4 is 16.6 Å². The van der Waals surface area contributed by atoms with Gasteiger partial charge in [-0.1, -0.05) is 18.2 Å². The maximum absolute atomic E-state index is 4.31. The number of rotatable bonds is 2. The summed E-state index contributed by atoms with van der Waals surface area (Å²) in [7, 11) is 0. The minimum Gasteiger partial charge on any atom is -0.358 e. The zero-order valence-electron chi connectivity index (χ0n) is 13.0. The molecule has 1 N–H and O–H groups in total. The van der Waals surface area contributed by atoms with Crippen molar-refractivity contribution in [1.82, 2.24) is 9.97 Å². The van der Waals surface area contributed by atoms with Gasteiger partial charge in [0.15, 0.2) is 0 Å². The normalized spacial score (nSPS) is 15.4. The second-order valence-corrected chi connectivity index (χ2v) is 6.18. The molecule has 112 valence electrons. The molecule has 0 spiro atoms. The molecule has 0 amide bonds. The Morgan fingerprint density at radius 3 is 2.82 bits per heavy atom. The lowest BCUT2D eigenvalue weighted by Crippen LogP contribution is -2.29. The molecule has 3 aromatic rings. The van der Waals surface area contributed by atoms with Crippen LogP contribution in [0.25, 0.3) is 21.9 Å². The lowest BCUT2D eigenvalue weighted by molar-refractivity contribution is 0.574. The Kier molecular flexibility index (Phi) is 3.34. The number of hydrogen-bond donors (Lipinski definition) is 1. The zero-order chi connectivity index (χ0) is 14.9. The second kappa shape index (κ2) is 5.48. The third kappa shape index (κ3) is 2.27. The number of anilines is 1. The van der Waals surface area contributed by atoms with E-state index >= 15 is 0 Å². The molecule has 0 radical (unpaired) electrons. The van der Waals surface area contributed by atoms with Gasteiger partial charge in [-0.3, -0.25) is 4.98 Å². The van der Waals surface area contributed by atoms with Gasteiger partial charge in [-0.25, -0.2) is 0 Å². The number of nitrogens with one attached hydrogen (secondary N) is 1. The molecule has 3 heteroatoms. The molecule has 0 bridgehead atoms. The molecule has 0 atom stereocenters. The maximum atomic E-state index is 4.31. The van der Waals surface area contributed by atoms with Gasteiger partial charge in [0.1, 0.15) is 5.82 Å². The Hall–Kier alpha value is -2.29. The van der Waals surface area contributed by atoms with Crippen LogP contribution in [0.15, 0.2) is 42.9 Å². The fourth-order valence-corrected chi connectivity index (χ4v) is 3.51. The van der Waals surface area contributed by atoms with E-state index in [-0.39, 0.29) is 0 Å². The molecular weight excluding hydrogens is 270 g/mol. The van der Waals surface area contributed by atoms with E-state index in [4.69, 9.17) is 0 Å². The van der Waals surface area contributed by atoms with Crippen LogP contribution in [-0.4, -0.2) is 23.1 Å². The van der Waals surface area contributed by atoms with Crippen molar-refractivity contribution in [2.24, 2.45) is 0 Å². The van der Waals surface area contributed by atoms with Crippen molar-refractivity contribution in [1.29, 1.82) is 0 Å². The van der Waals surface area contributed by atoms with Crippen LogP contribution in [0.3, 0.4) is 0 Å². The van der Waals surface area contributed by atoms with E-state index in [1.54, 1.807) is 0 Å². The summed E-state index contributed by atoms with van der Waals surface area (Å²) in [5.41, 5.74) is 3.78. The van der Waals surface area contributed by atoms with Crippen LogP contribution in [0, 0.1) is 6.92 Å². The highest BCUT2D eigenvalue weighted by Crippen LogP contribution is 2.32. The first-order chi connectivity index (χ1) is 10.8. The van der Waals surface area contributed by atoms with E-state index in [0.29, 0.717) is 0 Å². The number of aryl methyl sites for hydroxylation is 1. The second-order valence-electron chi connectivity index (χ2n) is 6.18. The number of aromatic amines is 1. The summed E-state index contributed by atoms with van der Waals surface area (Å²) in [6, 6.07) is 8.75. The van der Waals surface area contributed by atoms with E-state index in [9.17, 15) is 0 Å². The number of hydrogen-bond acceptors (Lipinski definition) is 2. The molecule has 22 heavy (non-hydrogen) atoms. The van der Waals surface area contributed by atoms with E-state index in [1.807, 2.05) is 12.4 Å². The molecule has 3 heterocycles. The average Bonchev–Trinajstić information content (AvgIpc) is 3.05. The number of benzene rings is 1. The third-order valence-corrected chi connectivity index (χ3v) is 4.65. The molecule has 0 unspecified atom stereocenters. The molecule has 0 saturated carbocycles. The van der Waals surface area contributed by atoms with Gasteiger partial charge in [-0.2, -0.15) is 0 Å². The molecule has 1 aromatic carbocycles. The molecule has 1 aliphatic rings. The summed E-state index contributed by atoms with van der Waals surface area (Å²) in [4.78, 5) is 10.2. The van der Waals surface area contributed by atoms with E-state index in [2.05, 4.69) is 52.3 Å². The first-order valence-corrected chi connectivity index (χ1v) is 8.10. The zero-order valence-corrected chi connectivity index (χ0v) is 13.0. The highest BCUT2D eigenvalue weighted by atomic mass is 15.2. The highest BCUT2D eigenvalue weighted by Gasteiger charge is 2.14. The summed E-state index contributed by atoms with van der Waals surface area (Å²) >= 11 is 0. The smallest absolute Gasteiger partial charge is 0.106 e. The Balaban J connectivity index is 1.78. The topological polar surface area (TPSA) is 31.9 Å². The van der Waals surface area contributed by atoms with Gasteiger partial charge in [-0.05, 0) is 48.8 Å². The van der Waals surface area contributed by atoms with Gasteiger partial charge < -0.3 is 9.88 Å². The first kappa shape index (κ1) is 13.4. The van der Waals surface area contributed by atoms with Gasteiger partial charge in [0.25, 0.3) is 0 Å². The van der Waals surface area contributed by atoms with Crippen LogP contribution in [0.1, 0.15) is 24.8 Å². The minimum absolute atomic E-state index is 1.17. The average molecular weight is 291 g/mol. The molecule has 3 nitrogen and oxygen atoms in total. The van der Waals surface area contributed by atoms with Crippen LogP contribution >= 0.6 is 0 Å². The van der Waals surface area contributed by atoms with Crippen LogP contribution in [0.5, 0.6) is 0 Å². The van der Waals surface area contributed by atoms with Crippen LogP contribution in [0.4, 0.5) is 5.82 Å². The molecular formula is C19H21N3. The molecule has 1 saturated heterocycles. The Bertz CT molecular complexity index is 792.